The average molecular weight is 254 g/mol. The molecule has 0 aromatic carbocycles. The third kappa shape index (κ3) is 3.27. The first-order chi connectivity index (χ1) is 7.74. The highest BCUT2D eigenvalue weighted by atomic mass is 35.5. The molecule has 0 bridgehead atoms. The number of aryl methyl sites for hydroxylation is 1. The largest absolute Gasteiger partial charge is 0.308 e. The number of rotatable bonds is 4. The van der Waals surface area contributed by atoms with Crippen LogP contribution in [0.4, 0.5) is 0 Å². The first-order valence-corrected chi connectivity index (χ1v) is 6.16. The van der Waals surface area contributed by atoms with Crippen LogP contribution < -0.4 is 5.32 Å². The Morgan fingerprint density at radius 1 is 1.25 bits per heavy atom. The lowest BCUT2D eigenvalue weighted by atomic mass is 10.3. The number of nitrogens with zero attached hydrogens (tertiary/aromatic N) is 2. The molecule has 2 heterocycles. The zero-order chi connectivity index (χ0) is 11.4. The number of nitrogens with one attached hydrogen (secondary N) is 1. The number of pyridine rings is 1. The third-order valence-corrected chi connectivity index (χ3v) is 3.22. The monoisotopic (exact) mass is 253 g/mol. The zero-order valence-corrected chi connectivity index (χ0v) is 10.5. The van der Waals surface area contributed by atoms with E-state index in [2.05, 4.69) is 15.3 Å². The van der Waals surface area contributed by atoms with Crippen molar-refractivity contribution in [1.82, 2.24) is 15.3 Å². The molecule has 0 fully saturated rings. The molecule has 0 aliphatic heterocycles. The van der Waals surface area contributed by atoms with Crippen LogP contribution in [0.2, 0.25) is 5.15 Å². The second-order valence-electron chi connectivity index (χ2n) is 3.44. The molecule has 1 N–H and O–H groups in total. The van der Waals surface area contributed by atoms with Crippen molar-refractivity contribution in [2.45, 2.75) is 20.0 Å². The number of halogens is 1. The maximum Gasteiger partial charge on any atom is 0.129 e. The molecule has 0 unspecified atom stereocenters. The van der Waals surface area contributed by atoms with E-state index in [4.69, 9.17) is 11.6 Å². The van der Waals surface area contributed by atoms with E-state index in [1.165, 1.54) is 4.88 Å². The molecule has 5 heteroatoms. The van der Waals surface area contributed by atoms with Crippen molar-refractivity contribution < 1.29 is 0 Å². The van der Waals surface area contributed by atoms with E-state index in [0.717, 1.165) is 23.7 Å². The minimum absolute atomic E-state index is 0.529. The van der Waals surface area contributed by atoms with Crippen molar-refractivity contribution in [2.24, 2.45) is 0 Å². The van der Waals surface area contributed by atoms with Gasteiger partial charge >= 0.3 is 0 Å². The summed E-state index contributed by atoms with van der Waals surface area (Å²) in [6.07, 6.45) is 3.69. The molecule has 16 heavy (non-hydrogen) atoms. The van der Waals surface area contributed by atoms with E-state index in [-0.39, 0.29) is 0 Å². The van der Waals surface area contributed by atoms with Crippen molar-refractivity contribution >= 4 is 22.9 Å². The fourth-order valence-corrected chi connectivity index (χ4v) is 2.20. The molecule has 2 aromatic heterocycles. The lowest BCUT2D eigenvalue weighted by Gasteiger charge is -2.02. The van der Waals surface area contributed by atoms with Crippen LogP contribution >= 0.6 is 22.9 Å². The van der Waals surface area contributed by atoms with E-state index in [1.54, 1.807) is 23.6 Å². The molecule has 2 rings (SSSR count). The number of aromatic nitrogens is 2. The summed E-state index contributed by atoms with van der Waals surface area (Å²) in [6, 6.07) is 3.77. The van der Waals surface area contributed by atoms with Crippen molar-refractivity contribution in [3.8, 4) is 0 Å². The van der Waals surface area contributed by atoms with E-state index < -0.39 is 0 Å². The van der Waals surface area contributed by atoms with Crippen LogP contribution in [0.15, 0.2) is 24.5 Å². The highest BCUT2D eigenvalue weighted by molar-refractivity contribution is 7.11. The van der Waals surface area contributed by atoms with Gasteiger partial charge in [-0.05, 0) is 18.6 Å². The average Bonchev–Trinajstić information content (AvgIpc) is 2.67. The molecule has 0 radical (unpaired) electrons. The highest BCUT2D eigenvalue weighted by Gasteiger charge is 1.98. The van der Waals surface area contributed by atoms with E-state index >= 15 is 0 Å². The predicted molar refractivity (Wildman–Crippen MR) is 66.6 cm³/mol. The molecular formula is C11H12ClN3S. The number of thiazole rings is 1. The van der Waals surface area contributed by atoms with Crippen LogP contribution in [0.1, 0.15) is 15.4 Å². The molecule has 0 aliphatic carbocycles. The number of hydrogen-bond donors (Lipinski definition) is 1. The molecule has 0 atom stereocenters. The maximum absolute atomic E-state index is 5.71. The minimum atomic E-state index is 0.529. The fraction of sp³-hybridized carbons (Fsp3) is 0.273. The van der Waals surface area contributed by atoms with Crippen LogP contribution in [0.5, 0.6) is 0 Å². The zero-order valence-electron chi connectivity index (χ0n) is 8.90. The summed E-state index contributed by atoms with van der Waals surface area (Å²) >= 11 is 7.42. The SMILES string of the molecule is Cc1ncc(CNCc2ccc(Cl)nc2)s1. The molecule has 0 spiro atoms. The van der Waals surface area contributed by atoms with Gasteiger partial charge in [0.2, 0.25) is 0 Å². The minimum Gasteiger partial charge on any atom is -0.308 e. The molecule has 0 saturated carbocycles. The van der Waals surface area contributed by atoms with Gasteiger partial charge in [-0.25, -0.2) is 9.97 Å². The first kappa shape index (κ1) is 11.5. The summed E-state index contributed by atoms with van der Waals surface area (Å²) in [5.74, 6) is 0. The summed E-state index contributed by atoms with van der Waals surface area (Å²) in [7, 11) is 0. The van der Waals surface area contributed by atoms with Gasteiger partial charge in [0.05, 0.1) is 5.01 Å². The molecule has 84 valence electrons. The van der Waals surface area contributed by atoms with Crippen molar-refractivity contribution in [1.29, 1.82) is 0 Å². The summed E-state index contributed by atoms with van der Waals surface area (Å²) in [5.41, 5.74) is 1.13. The molecule has 2 aromatic rings. The van der Waals surface area contributed by atoms with Gasteiger partial charge in [0.15, 0.2) is 0 Å². The predicted octanol–water partition coefficient (Wildman–Crippen LogP) is 2.79. The van der Waals surface area contributed by atoms with Gasteiger partial charge in [0, 0.05) is 30.4 Å². The van der Waals surface area contributed by atoms with Gasteiger partial charge in [0.25, 0.3) is 0 Å². The molecule has 0 aliphatic rings. The fourth-order valence-electron chi connectivity index (χ4n) is 1.33. The Hall–Kier alpha value is -0.970. The van der Waals surface area contributed by atoms with Gasteiger partial charge in [-0.15, -0.1) is 11.3 Å². The van der Waals surface area contributed by atoms with Crippen LogP contribution in [0, 0.1) is 6.92 Å². The Labute approximate surface area is 104 Å². The summed E-state index contributed by atoms with van der Waals surface area (Å²) in [5, 5.41) is 4.97. The van der Waals surface area contributed by atoms with E-state index in [9.17, 15) is 0 Å². The van der Waals surface area contributed by atoms with Gasteiger partial charge in [0.1, 0.15) is 5.15 Å². The summed E-state index contributed by atoms with van der Waals surface area (Å²) in [6.45, 7) is 3.65. The third-order valence-electron chi connectivity index (χ3n) is 2.09. The quantitative estimate of drug-likeness (QED) is 0.852. The van der Waals surface area contributed by atoms with Gasteiger partial charge in [-0.1, -0.05) is 17.7 Å². The topological polar surface area (TPSA) is 37.8 Å². The standard InChI is InChI=1S/C11H12ClN3S/c1-8-14-7-10(16-8)6-13-4-9-2-3-11(12)15-5-9/h2-3,5,7,13H,4,6H2,1H3. The van der Waals surface area contributed by atoms with Crippen LogP contribution in [-0.4, -0.2) is 9.97 Å². The summed E-state index contributed by atoms with van der Waals surface area (Å²) in [4.78, 5) is 9.48. The Balaban J connectivity index is 1.82. The van der Waals surface area contributed by atoms with E-state index in [0.29, 0.717) is 5.15 Å². The maximum atomic E-state index is 5.71. The second kappa shape index (κ2) is 5.39. The molecular weight excluding hydrogens is 242 g/mol. The first-order valence-electron chi connectivity index (χ1n) is 4.96. The molecule has 0 saturated heterocycles. The molecule has 3 nitrogen and oxygen atoms in total. The van der Waals surface area contributed by atoms with E-state index in [1.807, 2.05) is 19.2 Å². The Morgan fingerprint density at radius 3 is 2.75 bits per heavy atom. The van der Waals surface area contributed by atoms with Gasteiger partial charge in [-0.2, -0.15) is 0 Å². The van der Waals surface area contributed by atoms with Crippen LogP contribution in [0.25, 0.3) is 0 Å². The number of hydrogen-bond acceptors (Lipinski definition) is 4. The van der Waals surface area contributed by atoms with Gasteiger partial charge in [-0.3, -0.25) is 0 Å². The Bertz CT molecular complexity index is 453. The smallest absolute Gasteiger partial charge is 0.129 e. The van der Waals surface area contributed by atoms with Gasteiger partial charge < -0.3 is 5.32 Å². The molecule has 0 amide bonds. The summed E-state index contributed by atoms with van der Waals surface area (Å²) < 4.78 is 0. The second-order valence-corrected chi connectivity index (χ2v) is 5.14. The van der Waals surface area contributed by atoms with Crippen LogP contribution in [-0.2, 0) is 13.1 Å². The Kier molecular flexibility index (Phi) is 3.88. The lowest BCUT2D eigenvalue weighted by molar-refractivity contribution is 0.698. The van der Waals surface area contributed by atoms with Crippen molar-refractivity contribution in [3.05, 3.63) is 45.1 Å². The Morgan fingerprint density at radius 2 is 2.12 bits per heavy atom. The van der Waals surface area contributed by atoms with Crippen LogP contribution in [0.3, 0.4) is 0 Å². The van der Waals surface area contributed by atoms with Crippen molar-refractivity contribution in [2.75, 3.05) is 0 Å². The lowest BCUT2D eigenvalue weighted by Crippen LogP contribution is -2.11. The normalized spacial score (nSPS) is 10.6. The highest BCUT2D eigenvalue weighted by Crippen LogP contribution is 2.11. The van der Waals surface area contributed by atoms with Crippen molar-refractivity contribution in [3.63, 3.8) is 0 Å².